The lowest BCUT2D eigenvalue weighted by molar-refractivity contribution is -0.385. The van der Waals surface area contributed by atoms with Gasteiger partial charge in [-0.1, -0.05) is 12.1 Å². The molecular weight excluding hydrogens is 210 g/mol. The third kappa shape index (κ3) is 1.55. The predicted octanol–water partition coefficient (Wildman–Crippen LogP) is 1.97. The molecule has 0 aromatic heterocycles. The van der Waals surface area contributed by atoms with Crippen molar-refractivity contribution in [2.75, 3.05) is 0 Å². The van der Waals surface area contributed by atoms with Crippen LogP contribution in [0.5, 0.6) is 5.75 Å². The molecular formula is C11H11NO4. The molecule has 0 aliphatic carbocycles. The summed E-state index contributed by atoms with van der Waals surface area (Å²) in [6, 6.07) is 4.57. The molecule has 5 heteroatoms. The second-order valence-electron chi connectivity index (χ2n) is 3.59. The van der Waals surface area contributed by atoms with Gasteiger partial charge < -0.3 is 9.84 Å². The zero-order valence-corrected chi connectivity index (χ0v) is 8.50. The summed E-state index contributed by atoms with van der Waals surface area (Å²) in [7, 11) is 0. The number of nitrogens with zero attached hydrogens (tertiary/aromatic N) is 1. The van der Waals surface area contributed by atoms with Gasteiger partial charge in [0.15, 0.2) is 0 Å². The number of allylic oxidation sites excluding steroid dienone is 1. The highest BCUT2D eigenvalue weighted by Gasteiger charge is 2.37. The average molecular weight is 221 g/mol. The number of aliphatic hydroxyl groups excluding tert-OH is 1. The molecule has 0 radical (unpaired) electrons. The molecule has 1 aliphatic heterocycles. The Bertz CT molecular complexity index is 444. The van der Waals surface area contributed by atoms with Crippen molar-refractivity contribution in [3.63, 3.8) is 0 Å². The fraction of sp³-hybridized carbons (Fsp3) is 0.273. The number of benzene rings is 1. The number of nitro benzene ring substituents is 1. The Hall–Kier alpha value is -1.88. The maximum atomic E-state index is 10.9. The van der Waals surface area contributed by atoms with E-state index in [0.29, 0.717) is 17.7 Å². The molecule has 5 nitrogen and oxygen atoms in total. The van der Waals surface area contributed by atoms with E-state index in [0.717, 1.165) is 0 Å². The van der Waals surface area contributed by atoms with E-state index < -0.39 is 17.1 Å². The summed E-state index contributed by atoms with van der Waals surface area (Å²) in [6.45, 7) is 3.57. The lowest BCUT2D eigenvalue weighted by atomic mass is 9.95. The highest BCUT2D eigenvalue weighted by atomic mass is 16.6. The Kier molecular flexibility index (Phi) is 2.62. The summed E-state index contributed by atoms with van der Waals surface area (Å²) in [5.74, 6) is -0.0253. The lowest BCUT2D eigenvalue weighted by Gasteiger charge is -2.10. The molecule has 1 heterocycles. The van der Waals surface area contributed by atoms with Gasteiger partial charge in [0.1, 0.15) is 5.75 Å². The highest BCUT2D eigenvalue weighted by Crippen LogP contribution is 2.44. The third-order valence-corrected chi connectivity index (χ3v) is 2.62. The van der Waals surface area contributed by atoms with Crippen molar-refractivity contribution < 1.29 is 14.8 Å². The summed E-state index contributed by atoms with van der Waals surface area (Å²) in [5, 5.41) is 20.5. The van der Waals surface area contributed by atoms with Crippen molar-refractivity contribution in [3.05, 3.63) is 46.5 Å². The van der Waals surface area contributed by atoms with E-state index in [4.69, 9.17) is 4.74 Å². The van der Waals surface area contributed by atoms with Crippen LogP contribution in [0.4, 0.5) is 5.69 Å². The van der Waals surface area contributed by atoms with Crippen molar-refractivity contribution in [1.29, 1.82) is 0 Å². The summed E-state index contributed by atoms with van der Waals surface area (Å²) in [6.07, 6.45) is 1.02. The molecule has 0 bridgehead atoms. The summed E-state index contributed by atoms with van der Waals surface area (Å²) in [4.78, 5) is 10.4. The maximum absolute atomic E-state index is 10.9. The maximum Gasteiger partial charge on any atom is 0.276 e. The number of rotatable bonds is 3. The van der Waals surface area contributed by atoms with Gasteiger partial charge in [-0.2, -0.15) is 0 Å². The second kappa shape index (κ2) is 3.94. The van der Waals surface area contributed by atoms with Crippen LogP contribution >= 0.6 is 0 Å². The minimum absolute atomic E-state index is 0.0131. The molecule has 1 aliphatic rings. The zero-order chi connectivity index (χ0) is 11.7. The van der Waals surface area contributed by atoms with Crippen LogP contribution in [-0.4, -0.2) is 16.3 Å². The molecule has 2 atom stereocenters. The van der Waals surface area contributed by atoms with Gasteiger partial charge in [-0.3, -0.25) is 10.1 Å². The highest BCUT2D eigenvalue weighted by molar-refractivity contribution is 5.54. The normalized spacial score (nSPS) is 22.3. The van der Waals surface area contributed by atoms with Crippen molar-refractivity contribution >= 4 is 5.69 Å². The smallest absolute Gasteiger partial charge is 0.276 e. The molecule has 0 saturated carbocycles. The Balaban J connectivity index is 2.52. The quantitative estimate of drug-likeness (QED) is 0.481. The van der Waals surface area contributed by atoms with Gasteiger partial charge in [-0.15, -0.1) is 6.58 Å². The van der Waals surface area contributed by atoms with Crippen LogP contribution in [0.3, 0.4) is 0 Å². The summed E-state index contributed by atoms with van der Waals surface area (Å²) >= 11 is 0. The third-order valence-electron chi connectivity index (χ3n) is 2.62. The molecule has 0 amide bonds. The molecule has 2 rings (SSSR count). The molecule has 1 aromatic rings. The van der Waals surface area contributed by atoms with Crippen LogP contribution < -0.4 is 4.74 Å². The van der Waals surface area contributed by atoms with Crippen molar-refractivity contribution in [2.45, 2.75) is 18.6 Å². The van der Waals surface area contributed by atoms with Gasteiger partial charge in [-0.25, -0.2) is 0 Å². The van der Waals surface area contributed by atoms with Crippen LogP contribution in [0, 0.1) is 10.1 Å². The van der Waals surface area contributed by atoms with Crippen LogP contribution in [-0.2, 0) is 0 Å². The van der Waals surface area contributed by atoms with Crippen LogP contribution in [0.2, 0.25) is 0 Å². The molecule has 84 valence electrons. The van der Waals surface area contributed by atoms with Crippen LogP contribution in [0.1, 0.15) is 17.9 Å². The summed E-state index contributed by atoms with van der Waals surface area (Å²) in [5.41, 5.74) is 0.445. The Morgan fingerprint density at radius 3 is 3.00 bits per heavy atom. The van der Waals surface area contributed by atoms with E-state index >= 15 is 0 Å². The Morgan fingerprint density at radius 1 is 1.62 bits per heavy atom. The number of hydrogen-bond donors (Lipinski definition) is 1. The van der Waals surface area contributed by atoms with E-state index in [-0.39, 0.29) is 5.69 Å². The number of hydrogen-bond acceptors (Lipinski definition) is 4. The van der Waals surface area contributed by atoms with Crippen LogP contribution in [0.25, 0.3) is 0 Å². The molecule has 1 N–H and O–H groups in total. The number of ether oxygens (including phenoxy) is 1. The van der Waals surface area contributed by atoms with E-state index in [1.165, 1.54) is 6.07 Å². The largest absolute Gasteiger partial charge is 0.464 e. The first-order valence-corrected chi connectivity index (χ1v) is 4.88. The minimum atomic E-state index is -1.03. The molecule has 0 spiro atoms. The first-order valence-electron chi connectivity index (χ1n) is 4.88. The average Bonchev–Trinajstić information content (AvgIpc) is 2.55. The zero-order valence-electron chi connectivity index (χ0n) is 8.50. The number of aliphatic hydroxyl groups is 1. The summed E-state index contributed by atoms with van der Waals surface area (Å²) < 4.78 is 5.17. The van der Waals surface area contributed by atoms with Crippen molar-refractivity contribution in [3.8, 4) is 5.75 Å². The van der Waals surface area contributed by atoms with Gasteiger partial charge in [0.05, 0.1) is 16.4 Å². The van der Waals surface area contributed by atoms with Crippen LogP contribution in [0.15, 0.2) is 30.9 Å². The monoisotopic (exact) mass is 221 g/mol. The van der Waals surface area contributed by atoms with Crippen molar-refractivity contribution in [2.24, 2.45) is 0 Å². The lowest BCUT2D eigenvalue weighted by Crippen LogP contribution is -2.17. The first kappa shape index (κ1) is 10.6. The SMILES string of the molecule is C=CCC1c2c(cccc2[N+](=O)[O-])OC1O. The van der Waals surface area contributed by atoms with E-state index in [1.807, 2.05) is 0 Å². The van der Waals surface area contributed by atoms with E-state index in [2.05, 4.69) is 6.58 Å². The molecule has 0 fully saturated rings. The first-order chi connectivity index (χ1) is 7.65. The predicted molar refractivity (Wildman–Crippen MR) is 57.3 cm³/mol. The van der Waals surface area contributed by atoms with E-state index in [9.17, 15) is 15.2 Å². The van der Waals surface area contributed by atoms with Gasteiger partial charge in [0.25, 0.3) is 5.69 Å². The molecule has 16 heavy (non-hydrogen) atoms. The van der Waals surface area contributed by atoms with Crippen molar-refractivity contribution in [1.82, 2.24) is 0 Å². The minimum Gasteiger partial charge on any atom is -0.464 e. The Labute approximate surface area is 92.1 Å². The van der Waals surface area contributed by atoms with Gasteiger partial charge in [0.2, 0.25) is 6.29 Å². The van der Waals surface area contributed by atoms with Gasteiger partial charge >= 0.3 is 0 Å². The van der Waals surface area contributed by atoms with E-state index in [1.54, 1.807) is 18.2 Å². The number of fused-ring (bicyclic) bond motifs is 1. The fourth-order valence-electron chi connectivity index (χ4n) is 1.94. The standard InChI is InChI=1S/C11H11NO4/c1-2-4-7-10-8(12(14)15)5-3-6-9(10)16-11(7)13/h2-3,5-7,11,13H,1,4H2. The topological polar surface area (TPSA) is 72.6 Å². The fourth-order valence-corrected chi connectivity index (χ4v) is 1.94. The second-order valence-corrected chi connectivity index (χ2v) is 3.59. The molecule has 0 saturated heterocycles. The van der Waals surface area contributed by atoms with Gasteiger partial charge in [0, 0.05) is 6.07 Å². The number of nitro groups is 1. The molecule has 2 unspecified atom stereocenters. The molecule has 1 aromatic carbocycles. The Morgan fingerprint density at radius 2 is 2.38 bits per heavy atom. The van der Waals surface area contributed by atoms with Gasteiger partial charge in [-0.05, 0) is 12.5 Å².